The first-order chi connectivity index (χ1) is 12.0. The first-order valence-corrected chi connectivity index (χ1v) is 8.66. The van der Waals surface area contributed by atoms with Gasteiger partial charge in [0.1, 0.15) is 11.4 Å². The van der Waals surface area contributed by atoms with Crippen LogP contribution in [0.1, 0.15) is 31.9 Å². The van der Waals surface area contributed by atoms with Gasteiger partial charge in [0, 0.05) is 23.7 Å². The lowest BCUT2D eigenvalue weighted by atomic mass is 9.90. The van der Waals surface area contributed by atoms with E-state index in [-0.39, 0.29) is 18.4 Å². The predicted octanol–water partition coefficient (Wildman–Crippen LogP) is 4.00. The SMILES string of the molecule is CC1(C)C[C@@H](NC(=S)Nc2ccc3c(c2)OCO3)c2ccccc2O1. The van der Waals surface area contributed by atoms with Crippen molar-refractivity contribution in [3.63, 3.8) is 0 Å². The predicted molar refractivity (Wildman–Crippen MR) is 100 cm³/mol. The Hall–Kier alpha value is -2.47. The molecule has 2 aliphatic heterocycles. The number of hydrogen-bond donors (Lipinski definition) is 2. The van der Waals surface area contributed by atoms with Crippen LogP contribution in [0.4, 0.5) is 5.69 Å². The molecule has 0 aliphatic carbocycles. The molecule has 5 nitrogen and oxygen atoms in total. The van der Waals surface area contributed by atoms with Crippen molar-refractivity contribution in [2.24, 2.45) is 0 Å². The minimum Gasteiger partial charge on any atom is -0.487 e. The van der Waals surface area contributed by atoms with Crippen LogP contribution >= 0.6 is 12.2 Å². The first-order valence-electron chi connectivity index (χ1n) is 8.25. The molecule has 0 bridgehead atoms. The molecule has 1 atom stereocenters. The van der Waals surface area contributed by atoms with Crippen molar-refractivity contribution < 1.29 is 14.2 Å². The number of thiocarbonyl (C=S) groups is 1. The Kier molecular flexibility index (Phi) is 3.92. The summed E-state index contributed by atoms with van der Waals surface area (Å²) in [6, 6.07) is 13.9. The molecule has 0 fully saturated rings. The van der Waals surface area contributed by atoms with Crippen LogP contribution in [0.2, 0.25) is 0 Å². The van der Waals surface area contributed by atoms with Crippen LogP contribution in [0.5, 0.6) is 17.2 Å². The Morgan fingerprint density at radius 3 is 2.76 bits per heavy atom. The molecule has 2 aromatic rings. The van der Waals surface area contributed by atoms with Gasteiger partial charge >= 0.3 is 0 Å². The van der Waals surface area contributed by atoms with E-state index in [0.29, 0.717) is 5.11 Å². The highest BCUT2D eigenvalue weighted by Crippen LogP contribution is 2.39. The van der Waals surface area contributed by atoms with Crippen molar-refractivity contribution >= 4 is 23.0 Å². The molecule has 2 N–H and O–H groups in total. The molecule has 0 amide bonds. The van der Waals surface area contributed by atoms with Gasteiger partial charge in [-0.2, -0.15) is 0 Å². The van der Waals surface area contributed by atoms with Gasteiger partial charge in [0.05, 0.1) is 6.04 Å². The fourth-order valence-corrected chi connectivity index (χ4v) is 3.49. The van der Waals surface area contributed by atoms with Crippen LogP contribution in [0.25, 0.3) is 0 Å². The quantitative estimate of drug-likeness (QED) is 0.793. The minimum absolute atomic E-state index is 0.0916. The smallest absolute Gasteiger partial charge is 0.231 e. The van der Waals surface area contributed by atoms with E-state index < -0.39 is 0 Å². The third-order valence-corrected chi connectivity index (χ3v) is 4.53. The first kappa shape index (κ1) is 16.0. The normalized spacial score (nSPS) is 19.5. The zero-order chi connectivity index (χ0) is 17.4. The molecule has 2 aliphatic rings. The van der Waals surface area contributed by atoms with E-state index in [1.807, 2.05) is 36.4 Å². The van der Waals surface area contributed by atoms with Gasteiger partial charge in [0.2, 0.25) is 6.79 Å². The van der Waals surface area contributed by atoms with E-state index in [1.165, 1.54) is 0 Å². The van der Waals surface area contributed by atoms with Crippen molar-refractivity contribution in [3.05, 3.63) is 48.0 Å². The second-order valence-electron chi connectivity index (χ2n) is 6.82. The maximum Gasteiger partial charge on any atom is 0.231 e. The van der Waals surface area contributed by atoms with E-state index in [1.54, 1.807) is 0 Å². The van der Waals surface area contributed by atoms with Gasteiger partial charge in [-0.15, -0.1) is 0 Å². The molecule has 25 heavy (non-hydrogen) atoms. The van der Waals surface area contributed by atoms with Gasteiger partial charge in [-0.1, -0.05) is 18.2 Å². The average molecular weight is 356 g/mol. The molecule has 0 aromatic heterocycles. The lowest BCUT2D eigenvalue weighted by Gasteiger charge is -2.38. The van der Waals surface area contributed by atoms with Gasteiger partial charge in [-0.05, 0) is 44.3 Å². The molecule has 0 unspecified atom stereocenters. The molecule has 2 heterocycles. The highest BCUT2D eigenvalue weighted by molar-refractivity contribution is 7.80. The molecular formula is C19H20N2O3S. The molecule has 130 valence electrons. The summed E-state index contributed by atoms with van der Waals surface area (Å²) in [4.78, 5) is 0. The standard InChI is InChI=1S/C19H20N2O3S/c1-19(2)10-14(13-5-3-4-6-15(13)24-19)21-18(25)20-12-7-8-16-17(9-12)23-11-22-16/h3-9,14H,10-11H2,1-2H3,(H2,20,21,25)/t14-/m1/s1. The maximum atomic E-state index is 6.07. The third kappa shape index (κ3) is 3.35. The van der Waals surface area contributed by atoms with Crippen molar-refractivity contribution in [2.45, 2.75) is 31.9 Å². The summed E-state index contributed by atoms with van der Waals surface area (Å²) in [6.45, 7) is 4.44. The number of anilines is 1. The summed E-state index contributed by atoms with van der Waals surface area (Å²) >= 11 is 5.51. The topological polar surface area (TPSA) is 51.8 Å². The number of hydrogen-bond acceptors (Lipinski definition) is 4. The van der Waals surface area contributed by atoms with Crippen LogP contribution in [0, 0.1) is 0 Å². The summed E-state index contributed by atoms with van der Waals surface area (Å²) in [7, 11) is 0. The van der Waals surface area contributed by atoms with Crippen molar-refractivity contribution in [2.75, 3.05) is 12.1 Å². The number of nitrogens with one attached hydrogen (secondary N) is 2. The van der Waals surface area contributed by atoms with Crippen molar-refractivity contribution in [1.82, 2.24) is 5.32 Å². The van der Waals surface area contributed by atoms with E-state index in [0.717, 1.165) is 34.9 Å². The lowest BCUT2D eigenvalue weighted by molar-refractivity contribution is 0.0697. The zero-order valence-electron chi connectivity index (χ0n) is 14.2. The van der Waals surface area contributed by atoms with E-state index >= 15 is 0 Å². The summed E-state index contributed by atoms with van der Waals surface area (Å²) in [5, 5.41) is 7.20. The van der Waals surface area contributed by atoms with Crippen LogP contribution < -0.4 is 24.8 Å². The zero-order valence-corrected chi connectivity index (χ0v) is 15.0. The fraction of sp³-hybridized carbons (Fsp3) is 0.316. The lowest BCUT2D eigenvalue weighted by Crippen LogP contribution is -2.42. The van der Waals surface area contributed by atoms with Crippen molar-refractivity contribution in [3.8, 4) is 17.2 Å². The molecular weight excluding hydrogens is 336 g/mol. The highest BCUT2D eigenvalue weighted by atomic mass is 32.1. The molecule has 0 saturated heterocycles. The molecule has 0 saturated carbocycles. The Balaban J connectivity index is 1.49. The van der Waals surface area contributed by atoms with Crippen LogP contribution in [0.15, 0.2) is 42.5 Å². The van der Waals surface area contributed by atoms with Gasteiger partial charge in [0.15, 0.2) is 16.6 Å². The summed E-state index contributed by atoms with van der Waals surface area (Å²) in [6.07, 6.45) is 0.826. The monoisotopic (exact) mass is 356 g/mol. The number of benzene rings is 2. The van der Waals surface area contributed by atoms with Crippen LogP contribution in [-0.4, -0.2) is 17.5 Å². The largest absolute Gasteiger partial charge is 0.487 e. The van der Waals surface area contributed by atoms with E-state index in [9.17, 15) is 0 Å². The van der Waals surface area contributed by atoms with Gasteiger partial charge < -0.3 is 24.8 Å². The van der Waals surface area contributed by atoms with Crippen LogP contribution in [-0.2, 0) is 0 Å². The summed E-state index contributed by atoms with van der Waals surface area (Å²) < 4.78 is 16.8. The van der Waals surface area contributed by atoms with E-state index in [4.69, 9.17) is 26.4 Å². The molecule has 6 heteroatoms. The molecule has 4 rings (SSSR count). The van der Waals surface area contributed by atoms with Gasteiger partial charge in [-0.3, -0.25) is 0 Å². The second kappa shape index (κ2) is 6.11. The average Bonchev–Trinajstić information content (AvgIpc) is 3.01. The Bertz CT molecular complexity index is 822. The van der Waals surface area contributed by atoms with Gasteiger partial charge in [0.25, 0.3) is 0 Å². The summed E-state index contributed by atoms with van der Waals surface area (Å²) in [5.41, 5.74) is 1.73. The fourth-order valence-electron chi connectivity index (χ4n) is 3.23. The van der Waals surface area contributed by atoms with E-state index in [2.05, 4.69) is 30.5 Å². The van der Waals surface area contributed by atoms with Crippen LogP contribution in [0.3, 0.4) is 0 Å². The number of para-hydroxylation sites is 1. The minimum atomic E-state index is -0.250. The van der Waals surface area contributed by atoms with Crippen molar-refractivity contribution in [1.29, 1.82) is 0 Å². The Morgan fingerprint density at radius 2 is 1.88 bits per heavy atom. The number of fused-ring (bicyclic) bond motifs is 2. The summed E-state index contributed by atoms with van der Waals surface area (Å²) in [5.74, 6) is 2.39. The molecule has 0 radical (unpaired) electrons. The number of ether oxygens (including phenoxy) is 3. The Labute approximate surface area is 152 Å². The second-order valence-corrected chi connectivity index (χ2v) is 7.23. The molecule has 0 spiro atoms. The highest BCUT2D eigenvalue weighted by Gasteiger charge is 2.33. The Morgan fingerprint density at radius 1 is 1.08 bits per heavy atom. The van der Waals surface area contributed by atoms with Gasteiger partial charge in [-0.25, -0.2) is 0 Å². The maximum absolute atomic E-state index is 6.07. The third-order valence-electron chi connectivity index (χ3n) is 4.31. The molecule has 2 aromatic carbocycles. The number of rotatable bonds is 2.